The second-order valence-electron chi connectivity index (χ2n) is 8.56. The van der Waals surface area contributed by atoms with Crippen LogP contribution in [0.4, 0.5) is 19.0 Å². The fraction of sp³-hybridized carbons (Fsp3) is 0.333. The van der Waals surface area contributed by atoms with Crippen LogP contribution in [0.1, 0.15) is 11.4 Å². The third-order valence-electron chi connectivity index (χ3n) is 5.91. The van der Waals surface area contributed by atoms with Gasteiger partial charge < -0.3 is 14.5 Å². The van der Waals surface area contributed by atoms with E-state index < -0.39 is 6.36 Å². The minimum absolute atomic E-state index is 0.273. The van der Waals surface area contributed by atoms with E-state index in [1.807, 2.05) is 29.2 Å². The van der Waals surface area contributed by atoms with Crippen molar-refractivity contribution in [3.63, 3.8) is 0 Å². The minimum Gasteiger partial charge on any atom is -0.406 e. The van der Waals surface area contributed by atoms with Gasteiger partial charge in [-0.3, -0.25) is 0 Å². The number of alkyl halides is 3. The largest absolute Gasteiger partial charge is 0.573 e. The molecule has 0 spiro atoms. The van der Waals surface area contributed by atoms with E-state index >= 15 is 0 Å². The number of likely N-dealkylation sites (N-methyl/N-ethyl adjacent to an activating group) is 1. The van der Waals surface area contributed by atoms with Gasteiger partial charge in [-0.15, -0.1) is 29.6 Å². The van der Waals surface area contributed by atoms with Gasteiger partial charge in [-0.1, -0.05) is 0 Å². The Hall–Kier alpha value is -3.51. The lowest BCUT2D eigenvalue weighted by molar-refractivity contribution is -0.274. The first-order valence-electron chi connectivity index (χ1n) is 11.4. The fourth-order valence-corrected chi connectivity index (χ4v) is 4.69. The molecule has 0 bridgehead atoms. The summed E-state index contributed by atoms with van der Waals surface area (Å²) in [6.45, 7) is 6.37. The van der Waals surface area contributed by atoms with Gasteiger partial charge in [0.1, 0.15) is 17.4 Å². The third kappa shape index (κ3) is 5.65. The number of nitrogens with zero attached hydrogens (tertiary/aromatic N) is 7. The Balaban J connectivity index is 1.29. The molecule has 5 rings (SSSR count). The fourth-order valence-electron chi connectivity index (χ4n) is 3.94. The number of piperazine rings is 1. The molecule has 0 aliphatic carbocycles. The van der Waals surface area contributed by atoms with Gasteiger partial charge >= 0.3 is 6.36 Å². The molecule has 12 heteroatoms. The van der Waals surface area contributed by atoms with Gasteiger partial charge in [-0.2, -0.15) is 0 Å². The first-order chi connectivity index (χ1) is 17.2. The van der Waals surface area contributed by atoms with E-state index in [1.54, 1.807) is 12.1 Å². The van der Waals surface area contributed by atoms with Crippen LogP contribution in [0, 0.1) is 6.92 Å². The molecule has 1 aromatic carbocycles. The van der Waals surface area contributed by atoms with Gasteiger partial charge in [0.05, 0.1) is 12.2 Å². The van der Waals surface area contributed by atoms with Gasteiger partial charge in [0, 0.05) is 43.3 Å². The number of ether oxygens (including phenoxy) is 1. The number of aryl methyl sites for hydroxylation is 1. The van der Waals surface area contributed by atoms with Crippen LogP contribution in [-0.4, -0.2) is 69.2 Å². The number of halogens is 3. The summed E-state index contributed by atoms with van der Waals surface area (Å²) in [5.41, 5.74) is 2.39. The van der Waals surface area contributed by atoms with Crippen LogP contribution in [0.5, 0.6) is 5.75 Å². The normalized spacial score (nSPS) is 14.9. The minimum atomic E-state index is -4.72. The Labute approximate surface area is 210 Å². The molecule has 8 nitrogen and oxygen atoms in total. The van der Waals surface area contributed by atoms with Crippen LogP contribution in [0.15, 0.2) is 48.0 Å². The van der Waals surface area contributed by atoms with Crippen molar-refractivity contribution < 1.29 is 17.9 Å². The molecule has 0 N–H and O–H groups in total. The maximum absolute atomic E-state index is 12.4. The number of aromatic nitrogens is 5. The summed E-state index contributed by atoms with van der Waals surface area (Å²) in [5, 5.41) is 7.12. The van der Waals surface area contributed by atoms with Crippen LogP contribution < -0.4 is 9.64 Å². The van der Waals surface area contributed by atoms with Crippen molar-refractivity contribution in [2.45, 2.75) is 19.8 Å². The van der Waals surface area contributed by atoms with Crippen molar-refractivity contribution in [2.24, 2.45) is 0 Å². The van der Waals surface area contributed by atoms with Crippen molar-refractivity contribution in [1.82, 2.24) is 29.6 Å². The van der Waals surface area contributed by atoms with Gasteiger partial charge in [-0.25, -0.2) is 19.6 Å². The SMILES string of the molecule is Cc1nc(-c2nc(-c3ccc(OC(F)(F)F)cc3)cs2)nn1Cc1ccnc(N2CCN(C)CC2)c1. The maximum atomic E-state index is 12.4. The average Bonchev–Trinajstić information content (AvgIpc) is 3.47. The van der Waals surface area contributed by atoms with E-state index in [1.165, 1.54) is 23.5 Å². The van der Waals surface area contributed by atoms with E-state index in [9.17, 15) is 13.2 Å². The topological polar surface area (TPSA) is 72.2 Å². The molecule has 4 aromatic rings. The molecule has 36 heavy (non-hydrogen) atoms. The predicted octanol–water partition coefficient (Wildman–Crippen LogP) is 4.47. The lowest BCUT2D eigenvalue weighted by Gasteiger charge is -2.33. The molecule has 0 atom stereocenters. The number of benzene rings is 1. The van der Waals surface area contributed by atoms with Crippen molar-refractivity contribution in [3.8, 4) is 27.8 Å². The summed E-state index contributed by atoms with van der Waals surface area (Å²) in [5.74, 6) is 1.96. The van der Waals surface area contributed by atoms with E-state index in [0.717, 1.165) is 43.4 Å². The zero-order valence-electron chi connectivity index (χ0n) is 19.7. The second-order valence-corrected chi connectivity index (χ2v) is 9.42. The van der Waals surface area contributed by atoms with Crippen molar-refractivity contribution in [2.75, 3.05) is 38.1 Å². The highest BCUT2D eigenvalue weighted by molar-refractivity contribution is 7.13. The number of hydrogen-bond acceptors (Lipinski definition) is 8. The van der Waals surface area contributed by atoms with Gasteiger partial charge in [0.2, 0.25) is 5.82 Å². The summed E-state index contributed by atoms with van der Waals surface area (Å²) in [6.07, 6.45) is -2.89. The Morgan fingerprint density at radius 2 is 1.78 bits per heavy atom. The summed E-state index contributed by atoms with van der Waals surface area (Å²) < 4.78 is 42.9. The molecule has 0 radical (unpaired) electrons. The average molecular weight is 516 g/mol. The smallest absolute Gasteiger partial charge is 0.406 e. The standard InChI is InChI=1S/C24H24F3N7OS/c1-16-29-22(23-30-20(15-36-23)18-3-5-19(6-4-18)35-24(25,26)27)31-34(16)14-17-7-8-28-21(13-17)33-11-9-32(2)10-12-33/h3-8,13,15H,9-12,14H2,1-2H3. The Bertz CT molecular complexity index is 1330. The zero-order valence-corrected chi connectivity index (χ0v) is 20.6. The second kappa shape index (κ2) is 9.86. The van der Waals surface area contributed by atoms with Crippen molar-refractivity contribution >= 4 is 17.2 Å². The van der Waals surface area contributed by atoms with E-state index in [4.69, 9.17) is 0 Å². The summed E-state index contributed by atoms with van der Waals surface area (Å²) >= 11 is 1.38. The van der Waals surface area contributed by atoms with Gasteiger partial charge in [0.25, 0.3) is 0 Å². The highest BCUT2D eigenvalue weighted by Crippen LogP contribution is 2.30. The first kappa shape index (κ1) is 24.2. The van der Waals surface area contributed by atoms with Gasteiger partial charge in [-0.05, 0) is 55.9 Å². The molecule has 3 aromatic heterocycles. The van der Waals surface area contributed by atoms with Crippen LogP contribution in [0.25, 0.3) is 22.1 Å². The summed E-state index contributed by atoms with van der Waals surface area (Å²) in [6, 6.07) is 9.69. The van der Waals surface area contributed by atoms with E-state index in [2.05, 4.69) is 47.7 Å². The highest BCUT2D eigenvalue weighted by Gasteiger charge is 2.31. The van der Waals surface area contributed by atoms with Gasteiger partial charge in [0.15, 0.2) is 5.01 Å². The first-order valence-corrected chi connectivity index (χ1v) is 12.2. The van der Waals surface area contributed by atoms with Crippen LogP contribution >= 0.6 is 11.3 Å². The molecule has 1 aliphatic heterocycles. The van der Waals surface area contributed by atoms with E-state index in [0.29, 0.717) is 28.6 Å². The Morgan fingerprint density at radius 3 is 2.50 bits per heavy atom. The Kier molecular flexibility index (Phi) is 6.63. The summed E-state index contributed by atoms with van der Waals surface area (Å²) in [7, 11) is 2.13. The molecule has 1 aliphatic rings. The molecule has 188 valence electrons. The molecular weight excluding hydrogens is 491 g/mol. The highest BCUT2D eigenvalue weighted by atomic mass is 32.1. The molecule has 0 saturated carbocycles. The molecular formula is C24H24F3N7OS. The lowest BCUT2D eigenvalue weighted by atomic mass is 10.2. The molecule has 0 amide bonds. The molecule has 1 saturated heterocycles. The maximum Gasteiger partial charge on any atom is 0.573 e. The quantitative estimate of drug-likeness (QED) is 0.375. The van der Waals surface area contributed by atoms with Crippen LogP contribution in [0.3, 0.4) is 0 Å². The molecule has 4 heterocycles. The number of thiazole rings is 1. The Morgan fingerprint density at radius 1 is 1.03 bits per heavy atom. The number of rotatable bonds is 6. The third-order valence-corrected chi connectivity index (χ3v) is 6.74. The lowest BCUT2D eigenvalue weighted by Crippen LogP contribution is -2.44. The van der Waals surface area contributed by atoms with Crippen molar-refractivity contribution in [1.29, 1.82) is 0 Å². The number of pyridine rings is 1. The van der Waals surface area contributed by atoms with Crippen LogP contribution in [0.2, 0.25) is 0 Å². The van der Waals surface area contributed by atoms with E-state index in [-0.39, 0.29) is 5.75 Å². The monoisotopic (exact) mass is 515 g/mol. The predicted molar refractivity (Wildman–Crippen MR) is 131 cm³/mol. The molecule has 0 unspecified atom stereocenters. The number of anilines is 1. The summed E-state index contributed by atoms with van der Waals surface area (Å²) in [4.78, 5) is 18.3. The van der Waals surface area contributed by atoms with Crippen molar-refractivity contribution in [3.05, 3.63) is 59.4 Å². The van der Waals surface area contributed by atoms with Crippen LogP contribution in [-0.2, 0) is 6.54 Å². The zero-order chi connectivity index (χ0) is 25.3. The number of hydrogen-bond donors (Lipinski definition) is 0. The molecule has 1 fully saturated rings.